The summed E-state index contributed by atoms with van der Waals surface area (Å²) in [5.74, 6) is -0.305. The van der Waals surface area contributed by atoms with Gasteiger partial charge in [-0.05, 0) is 49.1 Å². The van der Waals surface area contributed by atoms with Crippen molar-refractivity contribution in [1.82, 2.24) is 15.1 Å². The third-order valence-electron chi connectivity index (χ3n) is 7.71. The summed E-state index contributed by atoms with van der Waals surface area (Å²) in [5, 5.41) is 3.03. The van der Waals surface area contributed by atoms with Crippen molar-refractivity contribution in [2.45, 2.75) is 31.3 Å². The molecule has 5 rings (SSSR count). The normalized spacial score (nSPS) is 17.6. The molecule has 0 saturated carbocycles. The molecule has 1 N–H and O–H groups in total. The maximum Gasteiger partial charge on any atom is 0.250 e. The lowest BCUT2D eigenvalue weighted by atomic mass is 9.85. The molecule has 1 atom stereocenters. The minimum atomic E-state index is -0.785. The second-order valence-corrected chi connectivity index (χ2v) is 10.2. The molecule has 3 aromatic carbocycles. The van der Waals surface area contributed by atoms with Crippen molar-refractivity contribution >= 4 is 29.5 Å². The van der Waals surface area contributed by atoms with Crippen LogP contribution in [0.1, 0.15) is 36.9 Å². The maximum atomic E-state index is 13.9. The molecule has 3 amide bonds. The Labute approximate surface area is 229 Å². The topological polar surface area (TPSA) is 73.0 Å². The van der Waals surface area contributed by atoms with E-state index in [0.29, 0.717) is 32.6 Å². The first-order valence-electron chi connectivity index (χ1n) is 13.4. The first kappa shape index (κ1) is 26.2. The predicted octanol–water partition coefficient (Wildman–Crippen LogP) is 4.24. The summed E-state index contributed by atoms with van der Waals surface area (Å²) >= 11 is 0. The molecule has 1 spiro atoms. The van der Waals surface area contributed by atoms with Crippen molar-refractivity contribution in [1.29, 1.82) is 0 Å². The van der Waals surface area contributed by atoms with Crippen LogP contribution in [0.15, 0.2) is 97.1 Å². The Bertz CT molecular complexity index is 1320. The molecule has 2 fully saturated rings. The van der Waals surface area contributed by atoms with Crippen LogP contribution in [0.5, 0.6) is 0 Å². The van der Waals surface area contributed by atoms with E-state index in [1.165, 1.54) is 0 Å². The summed E-state index contributed by atoms with van der Waals surface area (Å²) in [6.07, 6.45) is 4.43. The predicted molar refractivity (Wildman–Crippen MR) is 153 cm³/mol. The van der Waals surface area contributed by atoms with Crippen molar-refractivity contribution < 1.29 is 14.4 Å². The van der Waals surface area contributed by atoms with Gasteiger partial charge >= 0.3 is 0 Å². The zero-order valence-corrected chi connectivity index (χ0v) is 22.2. The molecule has 0 aromatic heterocycles. The van der Waals surface area contributed by atoms with Crippen molar-refractivity contribution in [3.8, 4) is 0 Å². The SMILES string of the molecule is CC(NC(=O)CN1CN(c2ccccc2)C2(CCN(C(=O)/C=C/c3ccccc3)CC2)C1=O)c1ccccc1. The Hall–Kier alpha value is -4.39. The third kappa shape index (κ3) is 5.72. The average Bonchev–Trinajstić information content (AvgIpc) is 3.23. The number of hydrogen-bond acceptors (Lipinski definition) is 4. The summed E-state index contributed by atoms with van der Waals surface area (Å²) < 4.78 is 0. The monoisotopic (exact) mass is 522 g/mol. The van der Waals surface area contributed by atoms with Crippen LogP contribution in [0.2, 0.25) is 0 Å². The van der Waals surface area contributed by atoms with Gasteiger partial charge in [-0.25, -0.2) is 0 Å². The van der Waals surface area contributed by atoms with Gasteiger partial charge in [0.25, 0.3) is 5.91 Å². The molecule has 7 nitrogen and oxygen atoms in total. The highest BCUT2D eigenvalue weighted by Gasteiger charge is 2.54. The highest BCUT2D eigenvalue weighted by Crippen LogP contribution is 2.39. The van der Waals surface area contributed by atoms with Crippen molar-refractivity contribution in [3.05, 3.63) is 108 Å². The van der Waals surface area contributed by atoms with E-state index in [1.807, 2.05) is 104 Å². The Balaban J connectivity index is 1.28. The van der Waals surface area contributed by atoms with E-state index in [2.05, 4.69) is 10.2 Å². The van der Waals surface area contributed by atoms with Crippen molar-refractivity contribution in [3.63, 3.8) is 0 Å². The molecule has 200 valence electrons. The Morgan fingerprint density at radius 1 is 0.897 bits per heavy atom. The maximum absolute atomic E-state index is 13.9. The molecule has 0 bridgehead atoms. The summed E-state index contributed by atoms with van der Waals surface area (Å²) in [5.41, 5.74) is 2.14. The van der Waals surface area contributed by atoms with E-state index < -0.39 is 5.54 Å². The summed E-state index contributed by atoms with van der Waals surface area (Å²) in [6.45, 7) is 3.20. The molecule has 2 saturated heterocycles. The Morgan fingerprint density at radius 3 is 2.13 bits per heavy atom. The fraction of sp³-hybridized carbons (Fsp3) is 0.281. The smallest absolute Gasteiger partial charge is 0.250 e. The lowest BCUT2D eigenvalue weighted by Gasteiger charge is -2.43. The number of carbonyl (C=O) groups excluding carboxylic acids is 3. The van der Waals surface area contributed by atoms with Gasteiger partial charge < -0.3 is 20.0 Å². The number of anilines is 1. The van der Waals surface area contributed by atoms with Gasteiger partial charge in [0.15, 0.2) is 0 Å². The van der Waals surface area contributed by atoms with Crippen LogP contribution in [0.4, 0.5) is 5.69 Å². The highest BCUT2D eigenvalue weighted by atomic mass is 16.2. The van der Waals surface area contributed by atoms with E-state index in [1.54, 1.807) is 15.9 Å². The van der Waals surface area contributed by atoms with Gasteiger partial charge in [0, 0.05) is 24.9 Å². The molecule has 0 aliphatic carbocycles. The molecular formula is C32H34N4O3. The fourth-order valence-corrected chi connectivity index (χ4v) is 5.54. The molecular weight excluding hydrogens is 488 g/mol. The molecule has 0 radical (unpaired) electrons. The van der Waals surface area contributed by atoms with Crippen LogP contribution >= 0.6 is 0 Å². The fourth-order valence-electron chi connectivity index (χ4n) is 5.54. The van der Waals surface area contributed by atoms with Gasteiger partial charge in [0.05, 0.1) is 12.7 Å². The van der Waals surface area contributed by atoms with Crippen molar-refractivity contribution in [2.24, 2.45) is 0 Å². The number of hydrogen-bond donors (Lipinski definition) is 1. The van der Waals surface area contributed by atoms with E-state index in [-0.39, 0.29) is 30.3 Å². The number of carbonyl (C=O) groups is 3. The standard InChI is InChI=1S/C32H34N4O3/c1-25(27-13-7-3-8-14-27)33-29(37)23-35-24-36(28-15-9-4-10-16-28)32(31(35)39)19-21-34(22-20-32)30(38)18-17-26-11-5-2-6-12-26/h2-18,25H,19-24H2,1H3,(H,33,37)/b18-17+. The first-order valence-corrected chi connectivity index (χ1v) is 13.4. The zero-order chi connectivity index (χ0) is 27.2. The molecule has 2 aliphatic heterocycles. The van der Waals surface area contributed by atoms with Crippen LogP contribution in [0.3, 0.4) is 0 Å². The minimum absolute atomic E-state index is 0.0104. The van der Waals surface area contributed by atoms with Crippen LogP contribution < -0.4 is 10.2 Å². The second-order valence-electron chi connectivity index (χ2n) is 10.2. The molecule has 3 aromatic rings. The van der Waals surface area contributed by atoms with Gasteiger partial charge in [0.1, 0.15) is 12.1 Å². The third-order valence-corrected chi connectivity index (χ3v) is 7.71. The Kier molecular flexibility index (Phi) is 7.77. The van der Waals surface area contributed by atoms with Crippen LogP contribution in [0, 0.1) is 0 Å². The number of nitrogens with zero attached hydrogens (tertiary/aromatic N) is 3. The number of benzene rings is 3. The van der Waals surface area contributed by atoms with E-state index >= 15 is 0 Å². The van der Waals surface area contributed by atoms with Crippen LogP contribution in [-0.4, -0.2) is 59.4 Å². The quantitative estimate of drug-likeness (QED) is 0.471. The number of piperidine rings is 1. The van der Waals surface area contributed by atoms with Gasteiger partial charge in [-0.2, -0.15) is 0 Å². The first-order chi connectivity index (χ1) is 19.0. The number of rotatable bonds is 7. The molecule has 2 heterocycles. The molecule has 7 heteroatoms. The average molecular weight is 523 g/mol. The van der Waals surface area contributed by atoms with Crippen LogP contribution in [-0.2, 0) is 14.4 Å². The van der Waals surface area contributed by atoms with Crippen molar-refractivity contribution in [2.75, 3.05) is 31.2 Å². The lowest BCUT2D eigenvalue weighted by molar-refractivity contribution is -0.138. The summed E-state index contributed by atoms with van der Waals surface area (Å²) in [4.78, 5) is 45.4. The van der Waals surface area contributed by atoms with Gasteiger partial charge in [-0.3, -0.25) is 14.4 Å². The zero-order valence-electron chi connectivity index (χ0n) is 22.2. The van der Waals surface area contributed by atoms with E-state index in [4.69, 9.17) is 0 Å². The molecule has 39 heavy (non-hydrogen) atoms. The molecule has 1 unspecified atom stereocenters. The van der Waals surface area contributed by atoms with E-state index in [0.717, 1.165) is 16.8 Å². The van der Waals surface area contributed by atoms with Gasteiger partial charge in [-0.1, -0.05) is 78.9 Å². The van der Waals surface area contributed by atoms with Crippen LogP contribution in [0.25, 0.3) is 6.08 Å². The second kappa shape index (κ2) is 11.6. The number of nitrogens with one attached hydrogen (secondary N) is 1. The largest absolute Gasteiger partial charge is 0.348 e. The van der Waals surface area contributed by atoms with E-state index in [9.17, 15) is 14.4 Å². The summed E-state index contributed by atoms with van der Waals surface area (Å²) in [7, 11) is 0. The highest BCUT2D eigenvalue weighted by molar-refractivity contribution is 5.97. The molecule has 2 aliphatic rings. The minimum Gasteiger partial charge on any atom is -0.348 e. The number of para-hydroxylation sites is 1. The number of amides is 3. The lowest BCUT2D eigenvalue weighted by Crippen LogP contribution is -2.57. The van der Waals surface area contributed by atoms with Gasteiger partial charge in [-0.15, -0.1) is 0 Å². The van der Waals surface area contributed by atoms with Gasteiger partial charge in [0.2, 0.25) is 11.8 Å². The number of likely N-dealkylation sites (tertiary alicyclic amines) is 1. The Morgan fingerprint density at radius 2 is 1.49 bits per heavy atom. The summed E-state index contributed by atoms with van der Waals surface area (Å²) in [6, 6.07) is 29.2.